The molecule has 0 spiro atoms. The number of nitrogens with zero attached hydrogens (tertiary/aromatic N) is 2. The standard InChI is InChI=1S/C13H23N3O2/c17-13(10-15-6-4-14-5-7-15)16-8-9-18-12-3-1-2-11(12)16/h11-12,14H,1-10H2. The summed E-state index contributed by atoms with van der Waals surface area (Å²) in [5.41, 5.74) is 0. The van der Waals surface area contributed by atoms with E-state index in [4.69, 9.17) is 4.74 Å². The number of fused-ring (bicyclic) bond motifs is 1. The lowest BCUT2D eigenvalue weighted by molar-refractivity contribution is -0.145. The Labute approximate surface area is 108 Å². The van der Waals surface area contributed by atoms with E-state index in [0.29, 0.717) is 31.2 Å². The number of piperazine rings is 1. The fourth-order valence-electron chi connectivity index (χ4n) is 3.39. The highest BCUT2D eigenvalue weighted by Crippen LogP contribution is 2.29. The molecule has 102 valence electrons. The fraction of sp³-hybridized carbons (Fsp3) is 0.923. The van der Waals surface area contributed by atoms with Gasteiger partial charge in [-0.1, -0.05) is 0 Å². The van der Waals surface area contributed by atoms with Crippen LogP contribution in [0.15, 0.2) is 0 Å². The van der Waals surface area contributed by atoms with E-state index < -0.39 is 0 Å². The number of morpholine rings is 1. The Kier molecular flexibility index (Phi) is 3.82. The van der Waals surface area contributed by atoms with Crippen molar-refractivity contribution in [3.63, 3.8) is 0 Å². The number of nitrogens with one attached hydrogen (secondary N) is 1. The summed E-state index contributed by atoms with van der Waals surface area (Å²) < 4.78 is 5.75. The molecule has 0 aromatic carbocycles. The molecule has 0 aromatic rings. The Morgan fingerprint density at radius 3 is 2.89 bits per heavy atom. The SMILES string of the molecule is O=C(CN1CCNCC1)N1CCOC2CCCC21. The monoisotopic (exact) mass is 253 g/mol. The molecule has 3 rings (SSSR count). The van der Waals surface area contributed by atoms with Crippen molar-refractivity contribution in [3.8, 4) is 0 Å². The van der Waals surface area contributed by atoms with Crippen LogP contribution in [-0.4, -0.2) is 73.7 Å². The molecule has 1 saturated carbocycles. The van der Waals surface area contributed by atoms with E-state index in [1.54, 1.807) is 0 Å². The van der Waals surface area contributed by atoms with Crippen molar-refractivity contribution in [2.45, 2.75) is 31.4 Å². The van der Waals surface area contributed by atoms with Gasteiger partial charge in [-0.2, -0.15) is 0 Å². The van der Waals surface area contributed by atoms with Crippen molar-refractivity contribution in [3.05, 3.63) is 0 Å². The zero-order valence-corrected chi connectivity index (χ0v) is 10.9. The molecule has 3 fully saturated rings. The summed E-state index contributed by atoms with van der Waals surface area (Å²) in [7, 11) is 0. The summed E-state index contributed by atoms with van der Waals surface area (Å²) in [5, 5.41) is 3.32. The van der Waals surface area contributed by atoms with Crippen LogP contribution in [0.5, 0.6) is 0 Å². The van der Waals surface area contributed by atoms with Gasteiger partial charge in [-0.05, 0) is 19.3 Å². The molecular weight excluding hydrogens is 230 g/mol. The molecule has 5 nitrogen and oxygen atoms in total. The second kappa shape index (κ2) is 5.55. The first-order valence-corrected chi connectivity index (χ1v) is 7.19. The van der Waals surface area contributed by atoms with Gasteiger partial charge >= 0.3 is 0 Å². The molecular formula is C13H23N3O2. The molecule has 0 radical (unpaired) electrons. The number of hydrogen-bond donors (Lipinski definition) is 1. The Balaban J connectivity index is 1.57. The molecule has 2 atom stereocenters. The van der Waals surface area contributed by atoms with Crippen LogP contribution < -0.4 is 5.32 Å². The van der Waals surface area contributed by atoms with Crippen LogP contribution in [0.2, 0.25) is 0 Å². The molecule has 3 aliphatic rings. The van der Waals surface area contributed by atoms with E-state index in [1.807, 2.05) is 0 Å². The quantitative estimate of drug-likeness (QED) is 0.732. The molecule has 0 bridgehead atoms. The minimum atomic E-state index is 0.303. The predicted molar refractivity (Wildman–Crippen MR) is 68.4 cm³/mol. The van der Waals surface area contributed by atoms with Gasteiger partial charge in [-0.3, -0.25) is 9.69 Å². The number of hydrogen-bond acceptors (Lipinski definition) is 4. The van der Waals surface area contributed by atoms with E-state index in [9.17, 15) is 4.79 Å². The summed E-state index contributed by atoms with van der Waals surface area (Å²) >= 11 is 0. The Hall–Kier alpha value is -0.650. The van der Waals surface area contributed by atoms with Crippen LogP contribution in [-0.2, 0) is 9.53 Å². The summed E-state index contributed by atoms with van der Waals surface area (Å²) in [4.78, 5) is 16.8. The minimum absolute atomic E-state index is 0.303. The number of rotatable bonds is 2. The van der Waals surface area contributed by atoms with E-state index in [1.165, 1.54) is 6.42 Å². The van der Waals surface area contributed by atoms with Gasteiger partial charge in [0.15, 0.2) is 0 Å². The number of carbonyl (C=O) groups excluding carboxylic acids is 1. The smallest absolute Gasteiger partial charge is 0.237 e. The molecule has 1 aliphatic carbocycles. The maximum absolute atomic E-state index is 12.4. The second-order valence-corrected chi connectivity index (χ2v) is 5.52. The molecule has 18 heavy (non-hydrogen) atoms. The molecule has 5 heteroatoms. The first kappa shape index (κ1) is 12.4. The van der Waals surface area contributed by atoms with Crippen LogP contribution in [0.25, 0.3) is 0 Å². The molecule has 1 amide bonds. The van der Waals surface area contributed by atoms with Crippen molar-refractivity contribution in [1.82, 2.24) is 15.1 Å². The van der Waals surface area contributed by atoms with Crippen LogP contribution in [0.3, 0.4) is 0 Å². The van der Waals surface area contributed by atoms with Crippen LogP contribution in [0.1, 0.15) is 19.3 Å². The molecule has 2 heterocycles. The van der Waals surface area contributed by atoms with Crippen molar-refractivity contribution in [2.75, 3.05) is 45.9 Å². The zero-order chi connectivity index (χ0) is 12.4. The van der Waals surface area contributed by atoms with E-state index in [2.05, 4.69) is 15.1 Å². The Morgan fingerprint density at radius 2 is 2.06 bits per heavy atom. The molecule has 2 unspecified atom stereocenters. The Bertz CT molecular complexity index is 305. The summed E-state index contributed by atoms with van der Waals surface area (Å²) in [6.07, 6.45) is 3.76. The number of ether oxygens (including phenoxy) is 1. The van der Waals surface area contributed by atoms with Crippen molar-refractivity contribution in [1.29, 1.82) is 0 Å². The summed E-state index contributed by atoms with van der Waals surface area (Å²) in [6, 6.07) is 0.356. The maximum atomic E-state index is 12.4. The van der Waals surface area contributed by atoms with Crippen molar-refractivity contribution in [2.24, 2.45) is 0 Å². The number of amides is 1. The molecule has 0 aromatic heterocycles. The fourth-order valence-corrected chi connectivity index (χ4v) is 3.39. The van der Waals surface area contributed by atoms with E-state index in [-0.39, 0.29) is 0 Å². The highest BCUT2D eigenvalue weighted by molar-refractivity contribution is 5.78. The summed E-state index contributed by atoms with van der Waals surface area (Å²) in [5.74, 6) is 0.303. The first-order chi connectivity index (χ1) is 8.84. The Morgan fingerprint density at radius 1 is 1.22 bits per heavy atom. The minimum Gasteiger partial charge on any atom is -0.374 e. The normalized spacial score (nSPS) is 33.4. The highest BCUT2D eigenvalue weighted by Gasteiger charge is 2.38. The average Bonchev–Trinajstić information content (AvgIpc) is 2.87. The second-order valence-electron chi connectivity index (χ2n) is 5.52. The predicted octanol–water partition coefficient (Wildman–Crippen LogP) is -0.328. The third-order valence-corrected chi connectivity index (χ3v) is 4.37. The van der Waals surface area contributed by atoms with Gasteiger partial charge in [-0.25, -0.2) is 0 Å². The third kappa shape index (κ3) is 2.53. The van der Waals surface area contributed by atoms with Crippen molar-refractivity contribution < 1.29 is 9.53 Å². The van der Waals surface area contributed by atoms with Gasteiger partial charge in [0.05, 0.1) is 25.3 Å². The van der Waals surface area contributed by atoms with Crippen LogP contribution in [0.4, 0.5) is 0 Å². The van der Waals surface area contributed by atoms with Crippen LogP contribution >= 0.6 is 0 Å². The third-order valence-electron chi connectivity index (χ3n) is 4.37. The van der Waals surface area contributed by atoms with Gasteiger partial charge in [0.25, 0.3) is 0 Å². The zero-order valence-electron chi connectivity index (χ0n) is 10.9. The first-order valence-electron chi connectivity index (χ1n) is 7.19. The van der Waals surface area contributed by atoms with Gasteiger partial charge in [0, 0.05) is 32.7 Å². The van der Waals surface area contributed by atoms with Crippen LogP contribution in [0, 0.1) is 0 Å². The number of carbonyl (C=O) groups is 1. The van der Waals surface area contributed by atoms with E-state index >= 15 is 0 Å². The molecule has 2 aliphatic heterocycles. The molecule has 2 saturated heterocycles. The topological polar surface area (TPSA) is 44.8 Å². The lowest BCUT2D eigenvalue weighted by Crippen LogP contribution is -2.55. The van der Waals surface area contributed by atoms with Gasteiger partial charge < -0.3 is 15.0 Å². The van der Waals surface area contributed by atoms with Gasteiger partial charge in [0.2, 0.25) is 5.91 Å². The summed E-state index contributed by atoms with van der Waals surface area (Å²) in [6.45, 7) is 6.07. The van der Waals surface area contributed by atoms with Crippen molar-refractivity contribution >= 4 is 5.91 Å². The highest BCUT2D eigenvalue weighted by atomic mass is 16.5. The molecule has 1 N–H and O–H groups in total. The lowest BCUT2D eigenvalue weighted by atomic mass is 10.1. The maximum Gasteiger partial charge on any atom is 0.237 e. The van der Waals surface area contributed by atoms with E-state index in [0.717, 1.165) is 45.6 Å². The largest absolute Gasteiger partial charge is 0.374 e. The lowest BCUT2D eigenvalue weighted by Gasteiger charge is -2.39. The van der Waals surface area contributed by atoms with Gasteiger partial charge in [-0.15, -0.1) is 0 Å². The average molecular weight is 253 g/mol. The van der Waals surface area contributed by atoms with Gasteiger partial charge in [0.1, 0.15) is 0 Å².